The number of amides is 1. The van der Waals surface area contributed by atoms with E-state index in [9.17, 15) is 10.1 Å². The molecule has 1 amide bonds. The monoisotopic (exact) mass is 417 g/mol. The highest BCUT2D eigenvalue weighted by Gasteiger charge is 2.26. The predicted molar refractivity (Wildman–Crippen MR) is 118 cm³/mol. The molecule has 1 fully saturated rings. The summed E-state index contributed by atoms with van der Waals surface area (Å²) >= 11 is 0. The van der Waals surface area contributed by atoms with Crippen molar-refractivity contribution in [3.8, 4) is 17.6 Å². The van der Waals surface area contributed by atoms with Crippen LogP contribution in [0.15, 0.2) is 36.8 Å². The number of aromatic nitrogens is 4. The second-order valence-electron chi connectivity index (χ2n) is 9.23. The Kier molecular flexibility index (Phi) is 5.59. The van der Waals surface area contributed by atoms with E-state index < -0.39 is 0 Å². The van der Waals surface area contributed by atoms with E-state index in [-0.39, 0.29) is 17.4 Å². The number of carbonyl (C=O) groups excluding carboxylic acids is 1. The molecule has 160 valence electrons. The van der Waals surface area contributed by atoms with Crippen molar-refractivity contribution in [2.45, 2.75) is 46.1 Å². The standard InChI is InChI=1S/C23H27N7O/c1-23(2,3)11-21(31)29-10-4-5-17(15-29)27-19-8-9-25-22(28-19)18-13-26-20-7-6-16(12-24)14-30(18)20/h6-9,13-14,17H,4-5,10-11,15H2,1-3H3,(H,25,27,28). The first-order valence-corrected chi connectivity index (χ1v) is 10.6. The Morgan fingerprint density at radius 2 is 2.13 bits per heavy atom. The summed E-state index contributed by atoms with van der Waals surface area (Å²) in [6.07, 6.45) is 7.67. The summed E-state index contributed by atoms with van der Waals surface area (Å²) in [6, 6.07) is 7.67. The van der Waals surface area contributed by atoms with Crippen LogP contribution >= 0.6 is 0 Å². The summed E-state index contributed by atoms with van der Waals surface area (Å²) in [4.78, 5) is 28.1. The van der Waals surface area contributed by atoms with Crippen molar-refractivity contribution in [2.75, 3.05) is 18.4 Å². The number of hydrogen-bond acceptors (Lipinski definition) is 6. The number of nitrogens with zero attached hydrogens (tertiary/aromatic N) is 6. The maximum absolute atomic E-state index is 12.6. The first-order valence-electron chi connectivity index (χ1n) is 10.6. The lowest BCUT2D eigenvalue weighted by Gasteiger charge is -2.35. The lowest BCUT2D eigenvalue weighted by atomic mass is 9.91. The molecule has 1 N–H and O–H groups in total. The summed E-state index contributed by atoms with van der Waals surface area (Å²) in [6.45, 7) is 7.76. The molecule has 1 unspecified atom stereocenters. The van der Waals surface area contributed by atoms with Crippen molar-refractivity contribution in [1.29, 1.82) is 5.26 Å². The highest BCUT2D eigenvalue weighted by Crippen LogP contribution is 2.23. The third-order valence-corrected chi connectivity index (χ3v) is 5.33. The van der Waals surface area contributed by atoms with Gasteiger partial charge in [0.25, 0.3) is 0 Å². The predicted octanol–water partition coefficient (Wildman–Crippen LogP) is 3.50. The molecule has 8 nitrogen and oxygen atoms in total. The van der Waals surface area contributed by atoms with Gasteiger partial charge in [-0.2, -0.15) is 5.26 Å². The molecule has 3 aromatic heterocycles. The second kappa shape index (κ2) is 8.34. The Bertz CT molecular complexity index is 1140. The molecule has 4 heterocycles. The Balaban J connectivity index is 1.51. The molecule has 0 bridgehead atoms. The Morgan fingerprint density at radius 3 is 2.90 bits per heavy atom. The van der Waals surface area contributed by atoms with Gasteiger partial charge < -0.3 is 10.2 Å². The minimum atomic E-state index is -0.0154. The first-order chi connectivity index (χ1) is 14.8. The average Bonchev–Trinajstić information content (AvgIpc) is 3.16. The Hall–Kier alpha value is -3.47. The van der Waals surface area contributed by atoms with Gasteiger partial charge in [0.05, 0.1) is 11.8 Å². The van der Waals surface area contributed by atoms with Crippen LogP contribution in [0, 0.1) is 16.7 Å². The van der Waals surface area contributed by atoms with Crippen LogP contribution in [-0.4, -0.2) is 49.3 Å². The molecule has 0 radical (unpaired) electrons. The zero-order valence-electron chi connectivity index (χ0n) is 18.2. The number of nitriles is 1. The lowest BCUT2D eigenvalue weighted by molar-refractivity contribution is -0.134. The van der Waals surface area contributed by atoms with Gasteiger partial charge in [0.15, 0.2) is 5.82 Å². The van der Waals surface area contributed by atoms with Gasteiger partial charge in [-0.3, -0.25) is 9.20 Å². The summed E-state index contributed by atoms with van der Waals surface area (Å²) < 4.78 is 1.82. The van der Waals surface area contributed by atoms with Crippen molar-refractivity contribution >= 4 is 17.4 Å². The number of fused-ring (bicyclic) bond motifs is 1. The van der Waals surface area contributed by atoms with Crippen molar-refractivity contribution in [3.63, 3.8) is 0 Å². The van der Waals surface area contributed by atoms with Crippen molar-refractivity contribution < 1.29 is 4.79 Å². The molecular formula is C23H27N7O. The maximum atomic E-state index is 12.6. The number of carbonyl (C=O) groups is 1. The third-order valence-electron chi connectivity index (χ3n) is 5.33. The number of imidazole rings is 1. The van der Waals surface area contributed by atoms with Gasteiger partial charge >= 0.3 is 0 Å². The van der Waals surface area contributed by atoms with Crippen LogP contribution in [-0.2, 0) is 4.79 Å². The van der Waals surface area contributed by atoms with Crippen LogP contribution in [0.5, 0.6) is 0 Å². The minimum absolute atomic E-state index is 0.0154. The molecule has 3 aromatic rings. The number of piperidine rings is 1. The summed E-state index contributed by atoms with van der Waals surface area (Å²) in [5, 5.41) is 12.7. The Labute approximate surface area is 182 Å². The van der Waals surface area contributed by atoms with Crippen LogP contribution in [0.25, 0.3) is 17.2 Å². The number of nitrogens with one attached hydrogen (secondary N) is 1. The molecule has 0 saturated carbocycles. The van der Waals surface area contributed by atoms with E-state index in [2.05, 4.69) is 47.1 Å². The molecule has 0 aromatic carbocycles. The molecule has 1 saturated heterocycles. The molecule has 1 atom stereocenters. The van der Waals surface area contributed by atoms with Crippen molar-refractivity contribution in [1.82, 2.24) is 24.3 Å². The molecule has 31 heavy (non-hydrogen) atoms. The van der Waals surface area contributed by atoms with E-state index in [1.807, 2.05) is 15.4 Å². The topological polar surface area (TPSA) is 99.2 Å². The molecule has 8 heteroatoms. The quantitative estimate of drug-likeness (QED) is 0.697. The van der Waals surface area contributed by atoms with Gasteiger partial charge in [0.1, 0.15) is 23.2 Å². The van der Waals surface area contributed by atoms with Crippen molar-refractivity contribution in [3.05, 3.63) is 42.4 Å². The van der Waals surface area contributed by atoms with E-state index in [0.29, 0.717) is 30.2 Å². The van der Waals surface area contributed by atoms with Gasteiger partial charge in [-0.1, -0.05) is 20.8 Å². The van der Waals surface area contributed by atoms with Crippen LogP contribution in [0.4, 0.5) is 5.82 Å². The summed E-state index contributed by atoms with van der Waals surface area (Å²) in [7, 11) is 0. The smallest absolute Gasteiger partial charge is 0.223 e. The van der Waals surface area contributed by atoms with Crippen LogP contribution < -0.4 is 5.32 Å². The first kappa shape index (κ1) is 20.8. The fourth-order valence-corrected chi connectivity index (χ4v) is 3.87. The van der Waals surface area contributed by atoms with Gasteiger partial charge in [-0.25, -0.2) is 15.0 Å². The molecule has 1 aliphatic heterocycles. The number of anilines is 1. The number of pyridine rings is 1. The number of rotatable bonds is 4. The van der Waals surface area contributed by atoms with E-state index in [0.717, 1.165) is 30.7 Å². The normalized spacial score (nSPS) is 16.8. The molecule has 0 spiro atoms. The van der Waals surface area contributed by atoms with Crippen LogP contribution in [0.2, 0.25) is 0 Å². The largest absolute Gasteiger partial charge is 0.365 e. The minimum Gasteiger partial charge on any atom is -0.365 e. The van der Waals surface area contributed by atoms with E-state index in [1.165, 1.54) is 0 Å². The van der Waals surface area contributed by atoms with Gasteiger partial charge in [-0.05, 0) is 36.5 Å². The van der Waals surface area contributed by atoms with Crippen molar-refractivity contribution in [2.24, 2.45) is 5.41 Å². The Morgan fingerprint density at radius 1 is 1.29 bits per heavy atom. The zero-order valence-corrected chi connectivity index (χ0v) is 18.2. The molecule has 4 rings (SSSR count). The summed E-state index contributed by atoms with van der Waals surface area (Å²) in [5.74, 6) is 1.46. The highest BCUT2D eigenvalue weighted by atomic mass is 16.2. The SMILES string of the molecule is CC(C)(C)CC(=O)N1CCCC(Nc2ccnc(-c3cnc4ccc(C#N)cn34)n2)C1. The highest BCUT2D eigenvalue weighted by molar-refractivity contribution is 5.77. The van der Waals surface area contributed by atoms with E-state index in [1.54, 1.807) is 30.7 Å². The van der Waals surface area contributed by atoms with Gasteiger partial charge in [-0.15, -0.1) is 0 Å². The lowest BCUT2D eigenvalue weighted by Crippen LogP contribution is -2.46. The fraction of sp³-hybridized carbons (Fsp3) is 0.435. The number of likely N-dealkylation sites (tertiary alicyclic amines) is 1. The molecule has 0 aliphatic carbocycles. The zero-order chi connectivity index (χ0) is 22.0. The maximum Gasteiger partial charge on any atom is 0.223 e. The number of hydrogen-bond donors (Lipinski definition) is 1. The average molecular weight is 418 g/mol. The van der Waals surface area contributed by atoms with Gasteiger partial charge in [0.2, 0.25) is 5.91 Å². The summed E-state index contributed by atoms with van der Waals surface area (Å²) in [5.41, 5.74) is 1.99. The fourth-order valence-electron chi connectivity index (χ4n) is 3.87. The van der Waals surface area contributed by atoms with Crippen LogP contribution in [0.3, 0.4) is 0 Å². The molecule has 1 aliphatic rings. The molecular weight excluding hydrogens is 390 g/mol. The third kappa shape index (κ3) is 4.82. The van der Waals surface area contributed by atoms with E-state index in [4.69, 9.17) is 0 Å². The van der Waals surface area contributed by atoms with Gasteiger partial charge in [0, 0.05) is 37.9 Å². The van der Waals surface area contributed by atoms with E-state index >= 15 is 0 Å². The second-order valence-corrected chi connectivity index (χ2v) is 9.23. The van der Waals surface area contributed by atoms with Crippen LogP contribution in [0.1, 0.15) is 45.6 Å².